The van der Waals surface area contributed by atoms with E-state index in [0.29, 0.717) is 5.92 Å². The largest absolute Gasteiger partial charge is 0.444 e. The molecule has 2 aliphatic heterocycles. The van der Waals surface area contributed by atoms with Crippen molar-refractivity contribution in [3.63, 3.8) is 0 Å². The Kier molecular flexibility index (Phi) is 4.05. The highest BCUT2D eigenvalue weighted by Gasteiger charge is 2.46. The maximum Gasteiger partial charge on any atom is 0.410 e. The summed E-state index contributed by atoms with van der Waals surface area (Å²) in [6.07, 6.45) is 4.58. The van der Waals surface area contributed by atoms with E-state index in [0.717, 1.165) is 36.2 Å². The number of piperidine rings is 1. The molecule has 120 valence electrons. The molecule has 0 unspecified atom stereocenters. The van der Waals surface area contributed by atoms with Gasteiger partial charge in [0.25, 0.3) is 0 Å². The van der Waals surface area contributed by atoms with Crippen LogP contribution in [0.1, 0.15) is 27.2 Å². The third-order valence-corrected chi connectivity index (χ3v) is 4.67. The summed E-state index contributed by atoms with van der Waals surface area (Å²) >= 11 is 3.46. The number of carbonyl (C=O) groups is 1. The van der Waals surface area contributed by atoms with Gasteiger partial charge in [-0.15, -0.1) is 0 Å². The highest BCUT2D eigenvalue weighted by atomic mass is 79.9. The summed E-state index contributed by atoms with van der Waals surface area (Å²) in [5.74, 6) is 0.601. The first kappa shape index (κ1) is 15.6. The topological polar surface area (TPSA) is 45.7 Å². The molecule has 2 saturated heterocycles. The van der Waals surface area contributed by atoms with Crippen LogP contribution in [0.15, 0.2) is 22.9 Å². The van der Waals surface area contributed by atoms with E-state index in [1.54, 1.807) is 6.20 Å². The van der Waals surface area contributed by atoms with Gasteiger partial charge < -0.3 is 14.5 Å². The molecule has 5 nitrogen and oxygen atoms in total. The molecule has 2 aliphatic rings. The van der Waals surface area contributed by atoms with Crippen LogP contribution in [-0.4, -0.2) is 47.3 Å². The molecule has 1 amide bonds. The number of pyridine rings is 1. The van der Waals surface area contributed by atoms with Crippen LogP contribution >= 0.6 is 15.9 Å². The molecular formula is C16H22BrN3O2. The van der Waals surface area contributed by atoms with E-state index >= 15 is 0 Å². The molecule has 1 aromatic heterocycles. The Balaban J connectivity index is 1.66. The standard InChI is InChI=1S/C16H22BrN3O2/c1-16(2,3)22-15(21)20-9-11-4-5-19(10-14(11)20)13-6-12(17)7-18-8-13/h6-8,11,14H,4-5,9-10H2,1-3H3/t11-,14-/m1/s1. The van der Waals surface area contributed by atoms with Gasteiger partial charge in [0.2, 0.25) is 0 Å². The molecule has 2 fully saturated rings. The van der Waals surface area contributed by atoms with E-state index in [2.05, 4.69) is 31.9 Å². The zero-order valence-electron chi connectivity index (χ0n) is 13.3. The smallest absolute Gasteiger partial charge is 0.410 e. The van der Waals surface area contributed by atoms with Gasteiger partial charge >= 0.3 is 6.09 Å². The number of hydrogen-bond donors (Lipinski definition) is 0. The molecule has 0 spiro atoms. The molecule has 22 heavy (non-hydrogen) atoms. The lowest BCUT2D eigenvalue weighted by Crippen LogP contribution is -2.66. The van der Waals surface area contributed by atoms with Crippen LogP contribution in [0, 0.1) is 5.92 Å². The van der Waals surface area contributed by atoms with Crippen LogP contribution in [0.5, 0.6) is 0 Å². The van der Waals surface area contributed by atoms with E-state index in [1.807, 2.05) is 31.9 Å². The van der Waals surface area contributed by atoms with Crippen molar-refractivity contribution in [1.82, 2.24) is 9.88 Å². The number of fused-ring (bicyclic) bond motifs is 1. The van der Waals surface area contributed by atoms with E-state index in [1.165, 1.54) is 0 Å². The zero-order chi connectivity index (χ0) is 15.9. The third-order valence-electron chi connectivity index (χ3n) is 4.24. The first-order valence-corrected chi connectivity index (χ1v) is 8.48. The van der Waals surface area contributed by atoms with Crippen LogP contribution in [0.3, 0.4) is 0 Å². The van der Waals surface area contributed by atoms with Crippen molar-refractivity contribution in [2.45, 2.75) is 38.8 Å². The van der Waals surface area contributed by atoms with Crippen molar-refractivity contribution in [1.29, 1.82) is 0 Å². The van der Waals surface area contributed by atoms with E-state index in [9.17, 15) is 4.79 Å². The summed E-state index contributed by atoms with van der Waals surface area (Å²) in [6, 6.07) is 2.33. The highest BCUT2D eigenvalue weighted by Crippen LogP contribution is 2.35. The van der Waals surface area contributed by atoms with Gasteiger partial charge in [-0.05, 0) is 49.2 Å². The average molecular weight is 368 g/mol. The van der Waals surface area contributed by atoms with Gasteiger partial charge in [0.1, 0.15) is 5.60 Å². The molecule has 0 bridgehead atoms. The lowest BCUT2D eigenvalue weighted by molar-refractivity contribution is -0.0345. The fourth-order valence-electron chi connectivity index (χ4n) is 3.13. The molecule has 0 aliphatic carbocycles. The average Bonchev–Trinajstić information content (AvgIpc) is 2.38. The number of amides is 1. The molecule has 0 saturated carbocycles. The number of anilines is 1. The van der Waals surface area contributed by atoms with Gasteiger partial charge in [-0.1, -0.05) is 0 Å². The Morgan fingerprint density at radius 3 is 2.82 bits per heavy atom. The van der Waals surface area contributed by atoms with Gasteiger partial charge in [-0.3, -0.25) is 4.98 Å². The highest BCUT2D eigenvalue weighted by molar-refractivity contribution is 9.10. The number of hydrogen-bond acceptors (Lipinski definition) is 4. The maximum atomic E-state index is 12.3. The van der Waals surface area contributed by atoms with Crippen molar-refractivity contribution in [2.24, 2.45) is 5.92 Å². The summed E-state index contributed by atoms with van der Waals surface area (Å²) in [5.41, 5.74) is 0.661. The Morgan fingerprint density at radius 1 is 1.36 bits per heavy atom. The van der Waals surface area contributed by atoms with Crippen LogP contribution in [0.2, 0.25) is 0 Å². The Hall–Kier alpha value is -1.30. The molecule has 3 heterocycles. The van der Waals surface area contributed by atoms with Crippen molar-refractivity contribution in [3.05, 3.63) is 22.9 Å². The van der Waals surface area contributed by atoms with Crippen LogP contribution in [0.4, 0.5) is 10.5 Å². The fraction of sp³-hybridized carbons (Fsp3) is 0.625. The molecule has 1 aromatic rings. The number of aromatic nitrogens is 1. The van der Waals surface area contributed by atoms with E-state index in [4.69, 9.17) is 4.74 Å². The summed E-state index contributed by atoms with van der Waals surface area (Å²) in [5, 5.41) is 0. The van der Waals surface area contributed by atoms with Crippen molar-refractivity contribution < 1.29 is 9.53 Å². The number of nitrogens with zero attached hydrogens (tertiary/aromatic N) is 3. The third kappa shape index (κ3) is 3.21. The molecule has 0 radical (unpaired) electrons. The van der Waals surface area contributed by atoms with Gasteiger partial charge in [-0.2, -0.15) is 0 Å². The van der Waals surface area contributed by atoms with Crippen LogP contribution in [0.25, 0.3) is 0 Å². The van der Waals surface area contributed by atoms with Gasteiger partial charge in [-0.25, -0.2) is 4.79 Å². The van der Waals surface area contributed by atoms with Crippen molar-refractivity contribution in [3.8, 4) is 0 Å². The summed E-state index contributed by atoms with van der Waals surface area (Å²) in [6.45, 7) is 8.40. The first-order valence-electron chi connectivity index (χ1n) is 7.68. The molecule has 6 heteroatoms. The number of rotatable bonds is 1. The predicted molar refractivity (Wildman–Crippen MR) is 89.0 cm³/mol. The quantitative estimate of drug-likeness (QED) is 0.763. The predicted octanol–water partition coefficient (Wildman–Crippen LogP) is 3.29. The number of ether oxygens (including phenoxy) is 1. The zero-order valence-corrected chi connectivity index (χ0v) is 14.8. The Morgan fingerprint density at radius 2 is 2.14 bits per heavy atom. The van der Waals surface area contributed by atoms with Crippen LogP contribution in [-0.2, 0) is 4.74 Å². The van der Waals surface area contributed by atoms with Gasteiger partial charge in [0.05, 0.1) is 17.9 Å². The maximum absolute atomic E-state index is 12.3. The van der Waals surface area contributed by atoms with Gasteiger partial charge in [0.15, 0.2) is 0 Å². The number of likely N-dealkylation sites (tertiary alicyclic amines) is 1. The second-order valence-corrected chi connectivity index (χ2v) is 7.97. The van der Waals surface area contributed by atoms with Gasteiger partial charge in [0, 0.05) is 36.2 Å². The van der Waals surface area contributed by atoms with E-state index < -0.39 is 5.60 Å². The molecule has 0 aromatic carbocycles. The Bertz CT molecular complexity index is 573. The second-order valence-electron chi connectivity index (χ2n) is 7.06. The lowest BCUT2D eigenvalue weighted by Gasteiger charge is -2.53. The molecular weight excluding hydrogens is 346 g/mol. The number of halogens is 1. The van der Waals surface area contributed by atoms with E-state index in [-0.39, 0.29) is 12.1 Å². The second kappa shape index (κ2) is 5.72. The normalized spacial score (nSPS) is 24.5. The minimum Gasteiger partial charge on any atom is -0.444 e. The minimum atomic E-state index is -0.440. The summed E-state index contributed by atoms with van der Waals surface area (Å²) < 4.78 is 6.48. The lowest BCUT2D eigenvalue weighted by atomic mass is 9.82. The SMILES string of the molecule is CC(C)(C)OC(=O)N1C[C@H]2CCN(c3cncc(Br)c3)C[C@H]21. The molecule has 3 rings (SSSR count). The molecule has 2 atom stereocenters. The molecule has 0 N–H and O–H groups in total. The first-order chi connectivity index (χ1) is 10.3. The Labute approximate surface area is 139 Å². The van der Waals surface area contributed by atoms with Crippen molar-refractivity contribution >= 4 is 27.7 Å². The number of carbonyl (C=O) groups excluding carboxylic acids is 1. The summed E-state index contributed by atoms with van der Waals surface area (Å²) in [4.78, 5) is 20.7. The fourth-order valence-corrected chi connectivity index (χ4v) is 3.49. The summed E-state index contributed by atoms with van der Waals surface area (Å²) in [7, 11) is 0. The minimum absolute atomic E-state index is 0.192. The monoisotopic (exact) mass is 367 g/mol. The van der Waals surface area contributed by atoms with Crippen LogP contribution < -0.4 is 4.90 Å². The van der Waals surface area contributed by atoms with Crippen molar-refractivity contribution in [2.75, 3.05) is 24.5 Å².